The maximum atomic E-state index is 11.7. The lowest BCUT2D eigenvalue weighted by Crippen LogP contribution is -2.19. The number of carbonyl (C=O) groups excluding carboxylic acids is 1. The van der Waals surface area contributed by atoms with Crippen LogP contribution in [0.1, 0.15) is 5.56 Å². The lowest BCUT2D eigenvalue weighted by atomic mass is 10.2. The molecule has 0 aliphatic rings. The molecular formula is C11H11NO5S. The summed E-state index contributed by atoms with van der Waals surface area (Å²) in [5.74, 6) is 4.25. The van der Waals surface area contributed by atoms with Crippen molar-refractivity contribution in [1.82, 2.24) is 0 Å². The molecule has 0 saturated carbocycles. The van der Waals surface area contributed by atoms with Crippen molar-refractivity contribution in [1.29, 1.82) is 0 Å². The van der Waals surface area contributed by atoms with E-state index in [0.29, 0.717) is 5.56 Å². The second kappa shape index (κ2) is 6.05. The summed E-state index contributed by atoms with van der Waals surface area (Å²) in [4.78, 5) is 10.3. The Kier molecular flexibility index (Phi) is 4.71. The highest BCUT2D eigenvalue weighted by molar-refractivity contribution is 7.91. The summed E-state index contributed by atoms with van der Waals surface area (Å²) >= 11 is 0. The van der Waals surface area contributed by atoms with Crippen LogP contribution < -0.4 is 5.73 Å². The highest BCUT2D eigenvalue weighted by Crippen LogP contribution is 2.12. The average molecular weight is 269 g/mol. The van der Waals surface area contributed by atoms with E-state index >= 15 is 0 Å². The third kappa shape index (κ3) is 4.08. The van der Waals surface area contributed by atoms with Gasteiger partial charge in [-0.15, -0.1) is 0 Å². The van der Waals surface area contributed by atoms with Crippen LogP contribution in [0.3, 0.4) is 0 Å². The number of benzene rings is 1. The first kappa shape index (κ1) is 14.0. The lowest BCUT2D eigenvalue weighted by molar-refractivity contribution is 0.174. The van der Waals surface area contributed by atoms with E-state index in [1.807, 2.05) is 0 Å². The molecule has 1 rings (SSSR count). The smallest absolute Gasteiger partial charge is 0.405 e. The minimum absolute atomic E-state index is 0.00158. The fourth-order valence-electron chi connectivity index (χ4n) is 1.09. The van der Waals surface area contributed by atoms with Gasteiger partial charge in [0.05, 0.1) is 4.90 Å². The summed E-state index contributed by atoms with van der Waals surface area (Å²) in [6.07, 6.45) is -1.15. The molecule has 96 valence electrons. The Hall–Kier alpha value is -2.04. The summed E-state index contributed by atoms with van der Waals surface area (Å²) in [5, 5.41) is 8.50. The molecule has 18 heavy (non-hydrogen) atoms. The summed E-state index contributed by atoms with van der Waals surface area (Å²) in [5.41, 5.74) is 5.26. The van der Waals surface area contributed by atoms with Crippen LogP contribution in [0.25, 0.3) is 0 Å². The first-order valence-corrected chi connectivity index (χ1v) is 6.46. The standard InChI is InChI=1S/C11H11NO5S/c12-11(14)17-8-18(15,16)10-5-3-9(4-6-10)2-1-7-13/h3-6,13H,7-8H2,(H2,12,14). The van der Waals surface area contributed by atoms with E-state index < -0.39 is 21.9 Å². The molecule has 0 aliphatic heterocycles. The molecule has 1 aromatic rings. The van der Waals surface area contributed by atoms with Gasteiger partial charge >= 0.3 is 6.09 Å². The van der Waals surface area contributed by atoms with Crippen LogP contribution in [0, 0.1) is 11.8 Å². The molecule has 0 heterocycles. The van der Waals surface area contributed by atoms with Crippen LogP contribution >= 0.6 is 0 Å². The number of rotatable bonds is 3. The minimum Gasteiger partial charge on any atom is -0.433 e. The molecule has 1 aromatic carbocycles. The largest absolute Gasteiger partial charge is 0.433 e. The van der Waals surface area contributed by atoms with Gasteiger partial charge in [0.2, 0.25) is 9.84 Å². The number of aliphatic hydroxyl groups is 1. The fraction of sp³-hybridized carbons (Fsp3) is 0.182. The number of primary amides is 1. The zero-order valence-electron chi connectivity index (χ0n) is 9.29. The average Bonchev–Trinajstić information content (AvgIpc) is 2.34. The Balaban J connectivity index is 2.87. The molecule has 7 heteroatoms. The van der Waals surface area contributed by atoms with Crippen molar-refractivity contribution in [2.45, 2.75) is 4.90 Å². The molecule has 0 radical (unpaired) electrons. The second-order valence-electron chi connectivity index (χ2n) is 3.18. The van der Waals surface area contributed by atoms with Crippen LogP contribution in [0.5, 0.6) is 0 Å². The maximum absolute atomic E-state index is 11.7. The molecule has 1 amide bonds. The van der Waals surface area contributed by atoms with Gasteiger partial charge in [-0.3, -0.25) is 0 Å². The summed E-state index contributed by atoms with van der Waals surface area (Å²) in [7, 11) is -3.71. The van der Waals surface area contributed by atoms with Crippen LogP contribution in [-0.4, -0.2) is 32.2 Å². The van der Waals surface area contributed by atoms with E-state index in [0.717, 1.165) is 0 Å². The second-order valence-corrected chi connectivity index (χ2v) is 5.12. The Morgan fingerprint density at radius 3 is 2.44 bits per heavy atom. The molecule has 0 unspecified atom stereocenters. The molecule has 0 aromatic heterocycles. The molecular weight excluding hydrogens is 258 g/mol. The minimum atomic E-state index is -3.71. The Bertz CT molecular complexity index is 580. The van der Waals surface area contributed by atoms with Crippen molar-refractivity contribution in [2.75, 3.05) is 12.5 Å². The van der Waals surface area contributed by atoms with E-state index in [2.05, 4.69) is 22.3 Å². The Morgan fingerprint density at radius 2 is 1.94 bits per heavy atom. The first-order valence-electron chi connectivity index (χ1n) is 4.80. The predicted molar refractivity (Wildman–Crippen MR) is 63.1 cm³/mol. The van der Waals surface area contributed by atoms with Crippen molar-refractivity contribution >= 4 is 15.9 Å². The van der Waals surface area contributed by atoms with Gasteiger partial charge in [0, 0.05) is 5.56 Å². The number of ether oxygens (including phenoxy) is 1. The van der Waals surface area contributed by atoms with E-state index in [1.165, 1.54) is 24.3 Å². The fourth-order valence-corrected chi connectivity index (χ4v) is 2.05. The number of amides is 1. The molecule has 0 bridgehead atoms. The van der Waals surface area contributed by atoms with Crippen molar-refractivity contribution in [3.8, 4) is 11.8 Å². The van der Waals surface area contributed by atoms with Gasteiger partial charge in [0.15, 0.2) is 5.94 Å². The SMILES string of the molecule is NC(=O)OCS(=O)(=O)c1ccc(C#CCO)cc1. The number of aliphatic hydroxyl groups excluding tert-OH is 1. The van der Waals surface area contributed by atoms with Gasteiger partial charge in [0.25, 0.3) is 0 Å². The molecule has 0 aliphatic carbocycles. The van der Waals surface area contributed by atoms with Gasteiger partial charge in [-0.25, -0.2) is 13.2 Å². The maximum Gasteiger partial charge on any atom is 0.405 e. The predicted octanol–water partition coefficient (Wildman–Crippen LogP) is -0.143. The normalized spacial score (nSPS) is 10.3. The number of hydrogen-bond acceptors (Lipinski definition) is 5. The van der Waals surface area contributed by atoms with Crippen molar-refractivity contribution in [3.63, 3.8) is 0 Å². The molecule has 0 saturated heterocycles. The first-order chi connectivity index (χ1) is 8.45. The van der Waals surface area contributed by atoms with Crippen LogP contribution in [-0.2, 0) is 14.6 Å². The van der Waals surface area contributed by atoms with Crippen molar-refractivity contribution in [3.05, 3.63) is 29.8 Å². The topological polar surface area (TPSA) is 107 Å². The molecule has 3 N–H and O–H groups in total. The zero-order chi connectivity index (χ0) is 13.6. The molecule has 6 nitrogen and oxygen atoms in total. The number of nitrogens with two attached hydrogens (primary N) is 1. The molecule has 0 spiro atoms. The number of hydrogen-bond donors (Lipinski definition) is 2. The Morgan fingerprint density at radius 1 is 1.33 bits per heavy atom. The molecule has 0 atom stereocenters. The molecule has 0 fully saturated rings. The van der Waals surface area contributed by atoms with Gasteiger partial charge in [0.1, 0.15) is 6.61 Å². The third-order valence-corrected chi connectivity index (χ3v) is 3.30. The van der Waals surface area contributed by atoms with E-state index in [-0.39, 0.29) is 11.5 Å². The summed E-state index contributed by atoms with van der Waals surface area (Å²) in [6, 6.07) is 5.64. The van der Waals surface area contributed by atoms with E-state index in [1.54, 1.807) is 0 Å². The number of carbonyl (C=O) groups is 1. The van der Waals surface area contributed by atoms with Crippen LogP contribution in [0.4, 0.5) is 4.79 Å². The monoisotopic (exact) mass is 269 g/mol. The third-order valence-electron chi connectivity index (χ3n) is 1.88. The van der Waals surface area contributed by atoms with Gasteiger partial charge in [-0.05, 0) is 24.3 Å². The lowest BCUT2D eigenvalue weighted by Gasteiger charge is -2.04. The summed E-state index contributed by atoms with van der Waals surface area (Å²) < 4.78 is 27.6. The van der Waals surface area contributed by atoms with Gasteiger partial charge in [-0.2, -0.15) is 0 Å². The van der Waals surface area contributed by atoms with Crippen molar-refractivity contribution < 1.29 is 23.1 Å². The Labute approximate surface area is 104 Å². The zero-order valence-corrected chi connectivity index (χ0v) is 10.1. The van der Waals surface area contributed by atoms with Crippen molar-refractivity contribution in [2.24, 2.45) is 5.73 Å². The quantitative estimate of drug-likeness (QED) is 0.742. The highest BCUT2D eigenvalue weighted by atomic mass is 32.2. The van der Waals surface area contributed by atoms with E-state index in [9.17, 15) is 13.2 Å². The number of sulfone groups is 1. The van der Waals surface area contributed by atoms with Gasteiger partial charge in [-0.1, -0.05) is 11.8 Å². The van der Waals surface area contributed by atoms with E-state index in [4.69, 9.17) is 5.11 Å². The van der Waals surface area contributed by atoms with Crippen LogP contribution in [0.15, 0.2) is 29.2 Å². The van der Waals surface area contributed by atoms with Crippen LogP contribution in [0.2, 0.25) is 0 Å². The highest BCUT2D eigenvalue weighted by Gasteiger charge is 2.15. The van der Waals surface area contributed by atoms with Gasteiger partial charge < -0.3 is 15.6 Å². The summed E-state index contributed by atoms with van der Waals surface area (Å²) in [6.45, 7) is -0.271.